The van der Waals surface area contributed by atoms with Crippen LogP contribution >= 0.6 is 0 Å². The monoisotopic (exact) mass is 218 g/mol. The molecule has 11 heavy (non-hydrogen) atoms. The molecule has 0 unspecified atom stereocenters. The van der Waals surface area contributed by atoms with Gasteiger partial charge in [-0.3, -0.25) is 0 Å². The Balaban J connectivity index is 3.03. The van der Waals surface area contributed by atoms with E-state index in [1.165, 1.54) is 34.6 Å². The van der Waals surface area contributed by atoms with Crippen LogP contribution in [0, 0.1) is 0 Å². The molecule has 0 amide bonds. The maximum atomic E-state index is 3.88. The van der Waals surface area contributed by atoms with Crippen molar-refractivity contribution in [2.24, 2.45) is 0 Å². The molecule has 0 aromatic rings. The second-order valence-electron chi connectivity index (χ2n) is 3.03. The first-order valence-electron chi connectivity index (χ1n) is 3.99. The third-order valence-electron chi connectivity index (χ3n) is 1.35. The summed E-state index contributed by atoms with van der Waals surface area (Å²) >= 11 is 0.817. The van der Waals surface area contributed by atoms with Gasteiger partial charge in [-0.25, -0.2) is 0 Å². The summed E-state index contributed by atoms with van der Waals surface area (Å²) in [7, 11) is 0. The predicted octanol–water partition coefficient (Wildman–Crippen LogP) is 3.46. The Kier molecular flexibility index (Phi) is 6.69. The van der Waals surface area contributed by atoms with E-state index in [9.17, 15) is 0 Å². The van der Waals surface area contributed by atoms with Crippen LogP contribution in [0.3, 0.4) is 0 Å². The molecule has 0 aliphatic heterocycles. The minimum atomic E-state index is 0.817. The summed E-state index contributed by atoms with van der Waals surface area (Å²) in [6, 6.07) is 0. The molecular weight excluding hydrogens is 199 g/mol. The number of rotatable bonds is 6. The van der Waals surface area contributed by atoms with Crippen LogP contribution in [0.25, 0.3) is 0 Å². The van der Waals surface area contributed by atoms with Gasteiger partial charge in [-0.1, -0.05) is 0 Å². The molecule has 0 fully saturated rings. The Morgan fingerprint density at radius 3 is 1.64 bits per heavy atom. The molecule has 0 heterocycles. The van der Waals surface area contributed by atoms with Crippen LogP contribution in [0.4, 0.5) is 0 Å². The first-order valence-corrected chi connectivity index (χ1v) is 6.41. The molecule has 0 radical (unpaired) electrons. The third kappa shape index (κ3) is 10.00. The third-order valence-corrected chi connectivity index (χ3v) is 3.41. The predicted molar refractivity (Wildman–Crippen MR) is 54.2 cm³/mol. The van der Waals surface area contributed by atoms with Gasteiger partial charge in [0.1, 0.15) is 0 Å². The van der Waals surface area contributed by atoms with E-state index in [0.29, 0.717) is 0 Å². The summed E-state index contributed by atoms with van der Waals surface area (Å²) in [5.74, 6) is 0. The van der Waals surface area contributed by atoms with Crippen molar-refractivity contribution in [3.8, 4) is 0 Å². The topological polar surface area (TPSA) is 0 Å². The molecule has 0 saturated carbocycles. The van der Waals surface area contributed by atoms with E-state index in [2.05, 4.69) is 27.0 Å². The van der Waals surface area contributed by atoms with Gasteiger partial charge in [-0.05, 0) is 0 Å². The van der Waals surface area contributed by atoms with Crippen molar-refractivity contribution in [1.82, 2.24) is 0 Å². The van der Waals surface area contributed by atoms with Crippen molar-refractivity contribution < 1.29 is 0 Å². The minimum absolute atomic E-state index is 0.817. The van der Waals surface area contributed by atoms with E-state index < -0.39 is 0 Å². The zero-order valence-electron chi connectivity index (χ0n) is 7.65. The fourth-order valence-electron chi connectivity index (χ4n) is 0.595. The van der Waals surface area contributed by atoms with Crippen molar-refractivity contribution in [1.29, 1.82) is 0 Å². The van der Waals surface area contributed by atoms with Gasteiger partial charge in [-0.15, -0.1) is 0 Å². The SMILES string of the molecule is C=C(C)CC[Se]CCC(=C)C. The quantitative estimate of drug-likeness (QED) is 0.363. The Hall–Kier alpha value is -0.000519. The zero-order chi connectivity index (χ0) is 8.69. The maximum absolute atomic E-state index is 3.88. The van der Waals surface area contributed by atoms with Gasteiger partial charge in [0.2, 0.25) is 0 Å². The fraction of sp³-hybridized carbons (Fsp3) is 0.600. The Bertz CT molecular complexity index is 120. The molecule has 0 aliphatic rings. The molecule has 0 bridgehead atoms. The van der Waals surface area contributed by atoms with Crippen LogP contribution in [0.5, 0.6) is 0 Å². The summed E-state index contributed by atoms with van der Waals surface area (Å²) in [6.45, 7) is 12.0. The molecule has 0 spiro atoms. The van der Waals surface area contributed by atoms with Crippen molar-refractivity contribution >= 4 is 15.0 Å². The van der Waals surface area contributed by atoms with Gasteiger partial charge >= 0.3 is 76.6 Å². The van der Waals surface area contributed by atoms with Crippen LogP contribution in [0.15, 0.2) is 24.3 Å². The molecule has 0 aromatic heterocycles. The first-order chi connectivity index (χ1) is 5.13. The second kappa shape index (κ2) is 6.69. The Morgan fingerprint density at radius 2 is 1.36 bits per heavy atom. The van der Waals surface area contributed by atoms with Crippen molar-refractivity contribution in [2.45, 2.75) is 37.3 Å². The average Bonchev–Trinajstić information content (AvgIpc) is 1.85. The summed E-state index contributed by atoms with van der Waals surface area (Å²) in [4.78, 5) is 0. The summed E-state index contributed by atoms with van der Waals surface area (Å²) < 4.78 is 0. The van der Waals surface area contributed by atoms with E-state index >= 15 is 0 Å². The molecule has 64 valence electrons. The van der Waals surface area contributed by atoms with Crippen molar-refractivity contribution in [3.05, 3.63) is 24.3 Å². The van der Waals surface area contributed by atoms with E-state index in [1.807, 2.05) is 0 Å². The fourth-order valence-corrected chi connectivity index (χ4v) is 3.09. The molecule has 0 aromatic carbocycles. The van der Waals surface area contributed by atoms with Crippen LogP contribution < -0.4 is 0 Å². The Morgan fingerprint density at radius 1 is 1.00 bits per heavy atom. The molecule has 1 heteroatoms. The standard InChI is InChI=1S/C10H18Se/c1-9(2)5-7-11-8-6-10(3)4/h1,3,5-8H2,2,4H3. The molecule has 0 nitrogen and oxygen atoms in total. The zero-order valence-corrected chi connectivity index (χ0v) is 9.36. The van der Waals surface area contributed by atoms with Crippen molar-refractivity contribution in [3.63, 3.8) is 0 Å². The summed E-state index contributed by atoms with van der Waals surface area (Å²) in [5, 5.41) is 2.71. The van der Waals surface area contributed by atoms with Crippen LogP contribution in [0.1, 0.15) is 26.7 Å². The molecule has 0 atom stereocenters. The van der Waals surface area contributed by atoms with Crippen LogP contribution in [0.2, 0.25) is 10.6 Å². The number of hydrogen-bond acceptors (Lipinski definition) is 0. The van der Waals surface area contributed by atoms with Gasteiger partial charge < -0.3 is 0 Å². The van der Waals surface area contributed by atoms with Gasteiger partial charge in [0.05, 0.1) is 0 Å². The summed E-state index contributed by atoms with van der Waals surface area (Å²) in [6.07, 6.45) is 2.44. The van der Waals surface area contributed by atoms with Crippen molar-refractivity contribution in [2.75, 3.05) is 0 Å². The Labute approximate surface area is 76.9 Å². The van der Waals surface area contributed by atoms with E-state index in [-0.39, 0.29) is 0 Å². The van der Waals surface area contributed by atoms with Gasteiger partial charge in [-0.2, -0.15) is 0 Å². The van der Waals surface area contributed by atoms with Crippen LogP contribution in [-0.4, -0.2) is 15.0 Å². The van der Waals surface area contributed by atoms with Gasteiger partial charge in [0.25, 0.3) is 0 Å². The normalized spacial score (nSPS) is 9.64. The molecule has 0 saturated heterocycles. The second-order valence-corrected chi connectivity index (χ2v) is 5.60. The van der Waals surface area contributed by atoms with E-state index in [4.69, 9.17) is 0 Å². The van der Waals surface area contributed by atoms with E-state index in [1.54, 1.807) is 0 Å². The van der Waals surface area contributed by atoms with Gasteiger partial charge in [0, 0.05) is 0 Å². The van der Waals surface area contributed by atoms with Gasteiger partial charge in [0.15, 0.2) is 0 Å². The first kappa shape index (κ1) is 11.0. The molecule has 0 aliphatic carbocycles. The van der Waals surface area contributed by atoms with E-state index in [0.717, 1.165) is 15.0 Å². The number of allylic oxidation sites excluding steroid dienone is 2. The summed E-state index contributed by atoms with van der Waals surface area (Å²) in [5.41, 5.74) is 2.64. The van der Waals surface area contributed by atoms with Crippen LogP contribution in [-0.2, 0) is 0 Å². The molecular formula is C10H18Se. The molecule has 0 rings (SSSR count). The molecule has 0 N–H and O–H groups in total. The number of hydrogen-bond donors (Lipinski definition) is 0. The average molecular weight is 217 g/mol.